The third-order valence-corrected chi connectivity index (χ3v) is 2.99. The smallest absolute Gasteiger partial charge is 0.307 e. The highest BCUT2D eigenvalue weighted by Gasteiger charge is 2.20. The van der Waals surface area contributed by atoms with Gasteiger partial charge in [0.2, 0.25) is 0 Å². The summed E-state index contributed by atoms with van der Waals surface area (Å²) in [6.45, 7) is 0. The van der Waals surface area contributed by atoms with Crippen LogP contribution in [0.3, 0.4) is 0 Å². The summed E-state index contributed by atoms with van der Waals surface area (Å²) in [6.07, 6.45) is 2.40. The van der Waals surface area contributed by atoms with Crippen LogP contribution in [0.5, 0.6) is 5.75 Å². The first-order valence-electron chi connectivity index (χ1n) is 6.07. The lowest BCUT2D eigenvalue weighted by atomic mass is 9.95. The SMILES string of the molecule is COc1cccc(CC(Cc2ccco2)C(=O)O)c1. The monoisotopic (exact) mass is 260 g/mol. The van der Waals surface area contributed by atoms with E-state index in [0.717, 1.165) is 11.3 Å². The van der Waals surface area contributed by atoms with E-state index in [-0.39, 0.29) is 0 Å². The van der Waals surface area contributed by atoms with E-state index in [1.807, 2.05) is 24.3 Å². The van der Waals surface area contributed by atoms with Gasteiger partial charge < -0.3 is 14.3 Å². The molecule has 0 spiro atoms. The van der Waals surface area contributed by atoms with Gasteiger partial charge in [0.15, 0.2) is 0 Å². The molecule has 0 saturated carbocycles. The molecule has 1 unspecified atom stereocenters. The van der Waals surface area contributed by atoms with Crippen molar-refractivity contribution in [3.05, 3.63) is 54.0 Å². The van der Waals surface area contributed by atoms with Gasteiger partial charge in [-0.25, -0.2) is 0 Å². The van der Waals surface area contributed by atoms with E-state index < -0.39 is 11.9 Å². The molecule has 19 heavy (non-hydrogen) atoms. The molecule has 1 aromatic carbocycles. The van der Waals surface area contributed by atoms with Gasteiger partial charge in [0.05, 0.1) is 19.3 Å². The third kappa shape index (κ3) is 3.61. The zero-order chi connectivity index (χ0) is 13.7. The van der Waals surface area contributed by atoms with Gasteiger partial charge in [-0.15, -0.1) is 0 Å². The van der Waals surface area contributed by atoms with Crippen molar-refractivity contribution in [2.75, 3.05) is 7.11 Å². The van der Waals surface area contributed by atoms with Crippen LogP contribution >= 0.6 is 0 Å². The van der Waals surface area contributed by atoms with Crippen LogP contribution in [-0.4, -0.2) is 18.2 Å². The Labute approximate surface area is 111 Å². The van der Waals surface area contributed by atoms with Crippen molar-refractivity contribution in [2.24, 2.45) is 5.92 Å². The van der Waals surface area contributed by atoms with Gasteiger partial charge in [-0.05, 0) is 36.2 Å². The minimum absolute atomic E-state index is 0.388. The molecule has 1 N–H and O–H groups in total. The minimum atomic E-state index is -0.820. The maximum atomic E-state index is 11.3. The molecule has 2 rings (SSSR count). The Balaban J connectivity index is 2.09. The first-order valence-corrected chi connectivity index (χ1v) is 6.07. The van der Waals surface area contributed by atoms with Gasteiger partial charge in [-0.3, -0.25) is 4.79 Å². The molecule has 4 nitrogen and oxygen atoms in total. The molecule has 0 bridgehead atoms. The first kappa shape index (κ1) is 13.2. The highest BCUT2D eigenvalue weighted by Crippen LogP contribution is 2.19. The number of aliphatic carboxylic acids is 1. The van der Waals surface area contributed by atoms with Gasteiger partial charge in [0.25, 0.3) is 0 Å². The molecule has 1 heterocycles. The number of rotatable bonds is 6. The average Bonchev–Trinajstić information content (AvgIpc) is 2.91. The van der Waals surface area contributed by atoms with Crippen molar-refractivity contribution in [3.8, 4) is 5.75 Å². The number of ether oxygens (including phenoxy) is 1. The molecule has 0 aliphatic rings. The van der Waals surface area contributed by atoms with Gasteiger partial charge in [-0.1, -0.05) is 12.1 Å². The fourth-order valence-corrected chi connectivity index (χ4v) is 2.00. The van der Waals surface area contributed by atoms with E-state index in [1.165, 1.54) is 0 Å². The van der Waals surface area contributed by atoms with Crippen LogP contribution in [-0.2, 0) is 17.6 Å². The van der Waals surface area contributed by atoms with Crippen LogP contribution in [0.1, 0.15) is 11.3 Å². The molecular formula is C15H16O4. The summed E-state index contributed by atoms with van der Waals surface area (Å²) in [5.74, 6) is 0.104. The molecule has 0 radical (unpaired) electrons. The second kappa shape index (κ2) is 6.09. The number of carboxylic acid groups (broad SMARTS) is 1. The van der Waals surface area contributed by atoms with E-state index in [2.05, 4.69) is 0 Å². The molecule has 0 amide bonds. The maximum absolute atomic E-state index is 11.3. The lowest BCUT2D eigenvalue weighted by Crippen LogP contribution is -2.19. The van der Waals surface area contributed by atoms with Crippen molar-refractivity contribution in [1.29, 1.82) is 0 Å². The summed E-state index contributed by atoms with van der Waals surface area (Å²) >= 11 is 0. The minimum Gasteiger partial charge on any atom is -0.497 e. The molecule has 0 fully saturated rings. The molecule has 0 saturated heterocycles. The molecular weight excluding hydrogens is 244 g/mol. The van der Waals surface area contributed by atoms with Crippen molar-refractivity contribution >= 4 is 5.97 Å². The summed E-state index contributed by atoms with van der Waals surface area (Å²) < 4.78 is 10.3. The van der Waals surface area contributed by atoms with Crippen LogP contribution in [0, 0.1) is 5.92 Å². The van der Waals surface area contributed by atoms with Gasteiger partial charge in [0.1, 0.15) is 11.5 Å². The van der Waals surface area contributed by atoms with Gasteiger partial charge >= 0.3 is 5.97 Å². The second-order valence-corrected chi connectivity index (χ2v) is 4.37. The van der Waals surface area contributed by atoms with Gasteiger partial charge in [0, 0.05) is 6.42 Å². The number of hydrogen-bond acceptors (Lipinski definition) is 3. The quantitative estimate of drug-likeness (QED) is 0.867. The fraction of sp³-hybridized carbons (Fsp3) is 0.267. The van der Waals surface area contributed by atoms with Gasteiger partial charge in [-0.2, -0.15) is 0 Å². The summed E-state index contributed by atoms with van der Waals surface area (Å²) in [6, 6.07) is 11.0. The molecule has 100 valence electrons. The Hall–Kier alpha value is -2.23. The summed E-state index contributed by atoms with van der Waals surface area (Å²) in [5.41, 5.74) is 0.943. The molecule has 1 aromatic heterocycles. The lowest BCUT2D eigenvalue weighted by Gasteiger charge is -2.11. The predicted molar refractivity (Wildman–Crippen MR) is 70.2 cm³/mol. The number of carbonyl (C=O) groups is 1. The Morgan fingerprint density at radius 2 is 2.16 bits per heavy atom. The lowest BCUT2D eigenvalue weighted by molar-refractivity contribution is -0.141. The van der Waals surface area contributed by atoms with E-state index in [9.17, 15) is 9.90 Å². The Morgan fingerprint density at radius 3 is 2.79 bits per heavy atom. The average molecular weight is 260 g/mol. The third-order valence-electron chi connectivity index (χ3n) is 2.99. The van der Waals surface area contributed by atoms with Crippen molar-refractivity contribution < 1.29 is 19.1 Å². The van der Waals surface area contributed by atoms with Crippen molar-refractivity contribution in [1.82, 2.24) is 0 Å². The normalized spacial score (nSPS) is 12.1. The summed E-state index contributed by atoms with van der Waals surface area (Å²) in [5, 5.41) is 9.29. The number of hydrogen-bond donors (Lipinski definition) is 1. The highest BCUT2D eigenvalue weighted by atomic mass is 16.5. The molecule has 0 aliphatic heterocycles. The standard InChI is InChI=1S/C15H16O4/c1-18-13-5-2-4-11(9-13)8-12(15(16)17)10-14-6-3-7-19-14/h2-7,9,12H,8,10H2,1H3,(H,16,17). The van der Waals surface area contributed by atoms with E-state index in [4.69, 9.17) is 9.15 Å². The Bertz CT molecular complexity index is 531. The summed E-state index contributed by atoms with van der Waals surface area (Å²) in [7, 11) is 1.59. The second-order valence-electron chi connectivity index (χ2n) is 4.37. The molecule has 2 aromatic rings. The van der Waals surface area contributed by atoms with Crippen molar-refractivity contribution in [3.63, 3.8) is 0 Å². The fourth-order valence-electron chi connectivity index (χ4n) is 2.00. The first-order chi connectivity index (χ1) is 9.19. The topological polar surface area (TPSA) is 59.7 Å². The zero-order valence-electron chi connectivity index (χ0n) is 10.7. The highest BCUT2D eigenvalue weighted by molar-refractivity contribution is 5.70. The molecule has 0 aliphatic carbocycles. The Morgan fingerprint density at radius 1 is 1.32 bits per heavy atom. The zero-order valence-corrected chi connectivity index (χ0v) is 10.7. The van der Waals surface area contributed by atoms with Crippen LogP contribution in [0.4, 0.5) is 0 Å². The summed E-state index contributed by atoms with van der Waals surface area (Å²) in [4.78, 5) is 11.3. The molecule has 1 atom stereocenters. The van der Waals surface area contributed by atoms with E-state index in [0.29, 0.717) is 18.6 Å². The Kier molecular flexibility index (Phi) is 4.23. The predicted octanol–water partition coefficient (Wildman–Crippen LogP) is 2.77. The van der Waals surface area contributed by atoms with Crippen LogP contribution in [0.15, 0.2) is 47.1 Å². The van der Waals surface area contributed by atoms with Crippen molar-refractivity contribution in [2.45, 2.75) is 12.8 Å². The van der Waals surface area contributed by atoms with Crippen LogP contribution in [0.25, 0.3) is 0 Å². The maximum Gasteiger partial charge on any atom is 0.307 e. The number of methoxy groups -OCH3 is 1. The number of carboxylic acids is 1. The number of furan rings is 1. The molecule has 4 heteroatoms. The van der Waals surface area contributed by atoms with Crippen LogP contribution in [0.2, 0.25) is 0 Å². The number of benzene rings is 1. The van der Waals surface area contributed by atoms with Crippen LogP contribution < -0.4 is 4.74 Å². The van der Waals surface area contributed by atoms with E-state index in [1.54, 1.807) is 25.5 Å². The largest absolute Gasteiger partial charge is 0.497 e. The van der Waals surface area contributed by atoms with E-state index >= 15 is 0 Å².